The minimum absolute atomic E-state index is 0.123. The number of nitrogens with two attached hydrogens (primary N) is 1. The highest BCUT2D eigenvalue weighted by Crippen LogP contribution is 2.19. The predicted octanol–water partition coefficient (Wildman–Crippen LogP) is 0.0423. The van der Waals surface area contributed by atoms with E-state index in [0.717, 1.165) is 0 Å². The summed E-state index contributed by atoms with van der Waals surface area (Å²) in [4.78, 5) is 12.2. The van der Waals surface area contributed by atoms with Gasteiger partial charge in [-0.1, -0.05) is 0 Å². The number of hydrogen-bond donors (Lipinski definition) is 3. The van der Waals surface area contributed by atoms with Crippen LogP contribution in [0.15, 0.2) is 0 Å². The van der Waals surface area contributed by atoms with E-state index >= 15 is 0 Å². The quantitative estimate of drug-likeness (QED) is 0.666. The van der Waals surface area contributed by atoms with Gasteiger partial charge in [-0.25, -0.2) is 4.79 Å². The SMILES string of the molecule is NC(=O)N1CCC(NCC(O)C(F)(F)F)CC1. The highest BCUT2D eigenvalue weighted by molar-refractivity contribution is 5.72. The lowest BCUT2D eigenvalue weighted by Crippen LogP contribution is -2.49. The molecule has 5 nitrogen and oxygen atoms in total. The van der Waals surface area contributed by atoms with Crippen LogP contribution in [0.4, 0.5) is 18.0 Å². The second kappa shape index (κ2) is 5.54. The van der Waals surface area contributed by atoms with Gasteiger partial charge in [-0.2, -0.15) is 13.2 Å². The number of nitrogens with zero attached hydrogens (tertiary/aromatic N) is 1. The summed E-state index contributed by atoms with van der Waals surface area (Å²) in [6, 6.07) is -0.638. The number of carbonyl (C=O) groups is 1. The molecule has 0 aromatic rings. The molecule has 1 aliphatic rings. The molecule has 0 saturated carbocycles. The first kappa shape index (κ1) is 14.0. The van der Waals surface area contributed by atoms with Crippen molar-refractivity contribution in [1.82, 2.24) is 10.2 Å². The number of piperidine rings is 1. The molecular weight excluding hydrogens is 239 g/mol. The molecular formula is C9H16F3N3O2. The largest absolute Gasteiger partial charge is 0.415 e. The van der Waals surface area contributed by atoms with E-state index in [1.54, 1.807) is 0 Å². The Morgan fingerprint density at radius 2 is 2.00 bits per heavy atom. The summed E-state index contributed by atoms with van der Waals surface area (Å²) in [5, 5.41) is 11.4. The first-order valence-corrected chi connectivity index (χ1v) is 5.33. The fourth-order valence-electron chi connectivity index (χ4n) is 1.70. The Hall–Kier alpha value is -1.02. The van der Waals surface area contributed by atoms with Crippen molar-refractivity contribution in [3.05, 3.63) is 0 Å². The van der Waals surface area contributed by atoms with Crippen LogP contribution >= 0.6 is 0 Å². The van der Waals surface area contributed by atoms with Gasteiger partial charge >= 0.3 is 12.2 Å². The molecule has 0 aliphatic carbocycles. The molecule has 1 heterocycles. The van der Waals surface area contributed by atoms with Gasteiger partial charge in [-0.3, -0.25) is 0 Å². The van der Waals surface area contributed by atoms with Crippen LogP contribution in [0.5, 0.6) is 0 Å². The Labute approximate surface area is 96.8 Å². The van der Waals surface area contributed by atoms with Crippen LogP contribution in [-0.2, 0) is 0 Å². The summed E-state index contributed by atoms with van der Waals surface area (Å²) >= 11 is 0. The molecule has 4 N–H and O–H groups in total. The van der Waals surface area contributed by atoms with Gasteiger partial charge in [0, 0.05) is 25.7 Å². The first-order valence-electron chi connectivity index (χ1n) is 5.33. The van der Waals surface area contributed by atoms with Crippen LogP contribution in [0.25, 0.3) is 0 Å². The Morgan fingerprint density at radius 3 is 2.41 bits per heavy atom. The van der Waals surface area contributed by atoms with E-state index < -0.39 is 24.9 Å². The minimum atomic E-state index is -4.60. The third kappa shape index (κ3) is 4.39. The lowest BCUT2D eigenvalue weighted by atomic mass is 10.1. The number of likely N-dealkylation sites (tertiary alicyclic amines) is 1. The molecule has 1 atom stereocenters. The number of hydrogen-bond acceptors (Lipinski definition) is 3. The maximum absolute atomic E-state index is 12.0. The van der Waals surface area contributed by atoms with E-state index in [1.807, 2.05) is 0 Å². The summed E-state index contributed by atoms with van der Waals surface area (Å²) in [6.07, 6.45) is -5.88. The molecule has 1 unspecified atom stereocenters. The average Bonchev–Trinajstić information content (AvgIpc) is 2.25. The van der Waals surface area contributed by atoms with Gasteiger partial charge in [0.1, 0.15) is 0 Å². The summed E-state index contributed by atoms with van der Waals surface area (Å²) < 4.78 is 36.0. The number of rotatable bonds is 3. The summed E-state index contributed by atoms with van der Waals surface area (Å²) in [5.74, 6) is 0. The van der Waals surface area contributed by atoms with Crippen molar-refractivity contribution in [2.45, 2.75) is 31.2 Å². The molecule has 17 heavy (non-hydrogen) atoms. The van der Waals surface area contributed by atoms with Crippen molar-refractivity contribution < 1.29 is 23.1 Å². The fourth-order valence-corrected chi connectivity index (χ4v) is 1.70. The third-order valence-corrected chi connectivity index (χ3v) is 2.78. The van der Waals surface area contributed by atoms with Crippen LogP contribution in [0.2, 0.25) is 0 Å². The van der Waals surface area contributed by atoms with Crippen molar-refractivity contribution in [1.29, 1.82) is 0 Å². The molecule has 1 rings (SSSR count). The van der Waals surface area contributed by atoms with Gasteiger partial charge < -0.3 is 21.1 Å². The van der Waals surface area contributed by atoms with E-state index in [2.05, 4.69) is 5.32 Å². The minimum Gasteiger partial charge on any atom is -0.382 e. The number of nitrogens with one attached hydrogen (secondary N) is 1. The van der Waals surface area contributed by atoms with E-state index in [0.29, 0.717) is 25.9 Å². The molecule has 2 amide bonds. The van der Waals surface area contributed by atoms with Crippen molar-refractivity contribution in [3.63, 3.8) is 0 Å². The zero-order valence-electron chi connectivity index (χ0n) is 9.20. The smallest absolute Gasteiger partial charge is 0.382 e. The van der Waals surface area contributed by atoms with Crippen LogP contribution in [-0.4, -0.2) is 54.0 Å². The lowest BCUT2D eigenvalue weighted by molar-refractivity contribution is -0.202. The lowest BCUT2D eigenvalue weighted by Gasteiger charge is -2.31. The van der Waals surface area contributed by atoms with Gasteiger partial charge in [0.15, 0.2) is 6.10 Å². The molecule has 0 spiro atoms. The summed E-state index contributed by atoms with van der Waals surface area (Å²) in [6.45, 7) is 0.328. The summed E-state index contributed by atoms with van der Waals surface area (Å²) in [7, 11) is 0. The van der Waals surface area contributed by atoms with Gasteiger partial charge in [-0.15, -0.1) is 0 Å². The van der Waals surface area contributed by atoms with Crippen molar-refractivity contribution >= 4 is 6.03 Å². The highest BCUT2D eigenvalue weighted by atomic mass is 19.4. The van der Waals surface area contributed by atoms with Gasteiger partial charge in [-0.05, 0) is 12.8 Å². The maximum Gasteiger partial charge on any atom is 0.415 e. The molecule has 100 valence electrons. The summed E-state index contributed by atoms with van der Waals surface area (Å²) in [5.41, 5.74) is 5.07. The van der Waals surface area contributed by atoms with E-state index in [-0.39, 0.29) is 6.04 Å². The van der Waals surface area contributed by atoms with E-state index in [1.165, 1.54) is 4.90 Å². The zero-order chi connectivity index (χ0) is 13.1. The van der Waals surface area contributed by atoms with Gasteiger partial charge in [0.05, 0.1) is 0 Å². The van der Waals surface area contributed by atoms with Gasteiger partial charge in [0.25, 0.3) is 0 Å². The van der Waals surface area contributed by atoms with E-state index in [9.17, 15) is 18.0 Å². The Morgan fingerprint density at radius 1 is 1.47 bits per heavy atom. The number of aliphatic hydroxyl groups excluding tert-OH is 1. The molecule has 0 radical (unpaired) electrons. The Bertz CT molecular complexity index is 265. The predicted molar refractivity (Wildman–Crippen MR) is 54.2 cm³/mol. The number of amides is 2. The van der Waals surface area contributed by atoms with Crippen molar-refractivity contribution in [3.8, 4) is 0 Å². The molecule has 0 aromatic carbocycles. The monoisotopic (exact) mass is 255 g/mol. The normalized spacial score (nSPS) is 20.4. The number of alkyl halides is 3. The molecule has 0 bridgehead atoms. The fraction of sp³-hybridized carbons (Fsp3) is 0.889. The Kier molecular flexibility index (Phi) is 4.58. The van der Waals surface area contributed by atoms with Crippen LogP contribution < -0.4 is 11.1 Å². The van der Waals surface area contributed by atoms with Crippen LogP contribution in [0.3, 0.4) is 0 Å². The standard InChI is InChI=1S/C9H16F3N3O2/c10-9(11,12)7(16)5-14-6-1-3-15(4-2-6)8(13)17/h6-7,14,16H,1-5H2,(H2,13,17). The van der Waals surface area contributed by atoms with Crippen LogP contribution in [0.1, 0.15) is 12.8 Å². The number of primary amides is 1. The number of aliphatic hydroxyl groups is 1. The molecule has 1 saturated heterocycles. The molecule has 8 heteroatoms. The topological polar surface area (TPSA) is 78.6 Å². The third-order valence-electron chi connectivity index (χ3n) is 2.78. The first-order chi connectivity index (χ1) is 7.80. The maximum atomic E-state index is 12.0. The second-order valence-electron chi connectivity index (χ2n) is 4.07. The van der Waals surface area contributed by atoms with Crippen molar-refractivity contribution in [2.75, 3.05) is 19.6 Å². The molecule has 1 aliphatic heterocycles. The average molecular weight is 255 g/mol. The Balaban J connectivity index is 2.25. The number of urea groups is 1. The van der Waals surface area contributed by atoms with E-state index in [4.69, 9.17) is 10.8 Å². The number of carbonyl (C=O) groups excluding carboxylic acids is 1. The highest BCUT2D eigenvalue weighted by Gasteiger charge is 2.38. The van der Waals surface area contributed by atoms with Crippen LogP contribution in [0, 0.1) is 0 Å². The molecule has 1 fully saturated rings. The zero-order valence-corrected chi connectivity index (χ0v) is 9.20. The second-order valence-corrected chi connectivity index (χ2v) is 4.07. The van der Waals surface area contributed by atoms with Crippen molar-refractivity contribution in [2.24, 2.45) is 5.73 Å². The molecule has 0 aromatic heterocycles. The number of halogens is 3. The van der Waals surface area contributed by atoms with Gasteiger partial charge in [0.2, 0.25) is 0 Å².